The first-order chi connectivity index (χ1) is 12.7. The maximum Gasteiger partial charge on any atom is 0.191 e. The van der Waals surface area contributed by atoms with Crippen molar-refractivity contribution in [3.63, 3.8) is 0 Å². The first kappa shape index (κ1) is 21.9. The van der Waals surface area contributed by atoms with Crippen LogP contribution in [0.4, 0.5) is 0 Å². The van der Waals surface area contributed by atoms with Gasteiger partial charge in [0.05, 0.1) is 12.2 Å². The Balaban J connectivity index is 0.00000261. The summed E-state index contributed by atoms with van der Waals surface area (Å²) < 4.78 is 2.12. The van der Waals surface area contributed by atoms with E-state index in [1.54, 1.807) is 0 Å². The minimum atomic E-state index is 0. The second-order valence-corrected chi connectivity index (χ2v) is 7.07. The van der Waals surface area contributed by atoms with Gasteiger partial charge in [-0.15, -0.1) is 24.0 Å². The van der Waals surface area contributed by atoms with E-state index in [1.165, 1.54) is 37.9 Å². The second-order valence-electron chi connectivity index (χ2n) is 7.07. The van der Waals surface area contributed by atoms with E-state index in [1.807, 2.05) is 19.2 Å². The van der Waals surface area contributed by atoms with Crippen molar-refractivity contribution in [3.8, 4) is 0 Å². The molecule has 2 aromatic heterocycles. The topological polar surface area (TPSA) is 57.0 Å². The molecule has 1 unspecified atom stereocenters. The highest BCUT2D eigenvalue weighted by Gasteiger charge is 2.19. The number of halogens is 1. The number of fused-ring (bicyclic) bond motifs is 1. The van der Waals surface area contributed by atoms with Gasteiger partial charge in [-0.05, 0) is 44.9 Å². The fourth-order valence-corrected chi connectivity index (χ4v) is 3.81. The van der Waals surface area contributed by atoms with Gasteiger partial charge in [-0.3, -0.25) is 9.89 Å². The Morgan fingerprint density at radius 3 is 2.89 bits per heavy atom. The average Bonchev–Trinajstić information content (AvgIpc) is 3.09. The normalized spacial score (nSPS) is 18.3. The Morgan fingerprint density at radius 2 is 2.15 bits per heavy atom. The van der Waals surface area contributed by atoms with Gasteiger partial charge in [-0.1, -0.05) is 19.4 Å². The molecule has 0 saturated carbocycles. The van der Waals surface area contributed by atoms with Crippen molar-refractivity contribution in [3.05, 3.63) is 35.8 Å². The molecule has 0 bridgehead atoms. The standard InChI is InChI=1S/C20H32N6.HI/c1-4-18-9-5-6-12-25(18)13-11-22-20(21-3)23-14-17-15-26-16(2)8-7-10-19(26)24-17;/h7-8,10,15,18H,4-6,9,11-14H2,1-3H3,(H2,21,22,23);1H. The molecule has 150 valence electrons. The van der Waals surface area contributed by atoms with Gasteiger partial charge in [-0.25, -0.2) is 4.98 Å². The lowest BCUT2D eigenvalue weighted by atomic mass is 10.0. The van der Waals surface area contributed by atoms with Crippen LogP contribution in [0.1, 0.15) is 44.0 Å². The van der Waals surface area contributed by atoms with Crippen LogP contribution < -0.4 is 10.6 Å². The molecule has 0 aliphatic carbocycles. The molecule has 0 spiro atoms. The number of hydrogen-bond acceptors (Lipinski definition) is 3. The van der Waals surface area contributed by atoms with Gasteiger partial charge in [0.15, 0.2) is 5.96 Å². The SMILES string of the molecule is CCC1CCCCN1CCNC(=NC)NCc1cn2c(C)cccc2n1.I. The maximum atomic E-state index is 4.66. The van der Waals surface area contributed by atoms with Crippen molar-refractivity contribution in [1.29, 1.82) is 0 Å². The molecule has 1 aliphatic heterocycles. The predicted octanol–water partition coefficient (Wildman–Crippen LogP) is 3.19. The van der Waals surface area contributed by atoms with E-state index in [9.17, 15) is 0 Å². The summed E-state index contributed by atoms with van der Waals surface area (Å²) in [5.41, 5.74) is 3.19. The summed E-state index contributed by atoms with van der Waals surface area (Å²) in [5, 5.41) is 6.81. The number of hydrogen-bond donors (Lipinski definition) is 2. The van der Waals surface area contributed by atoms with Crippen molar-refractivity contribution in [2.75, 3.05) is 26.7 Å². The Labute approximate surface area is 179 Å². The van der Waals surface area contributed by atoms with E-state index in [0.29, 0.717) is 6.54 Å². The number of guanidine groups is 1. The van der Waals surface area contributed by atoms with Crippen LogP contribution >= 0.6 is 24.0 Å². The van der Waals surface area contributed by atoms with Gasteiger partial charge in [-0.2, -0.15) is 0 Å². The van der Waals surface area contributed by atoms with Crippen molar-refractivity contribution in [2.45, 2.75) is 52.1 Å². The van der Waals surface area contributed by atoms with Crippen LogP contribution in [0.15, 0.2) is 29.4 Å². The lowest BCUT2D eigenvalue weighted by Crippen LogP contribution is -2.45. The summed E-state index contributed by atoms with van der Waals surface area (Å²) in [5.74, 6) is 0.837. The van der Waals surface area contributed by atoms with E-state index in [0.717, 1.165) is 36.4 Å². The molecule has 27 heavy (non-hydrogen) atoms. The molecule has 0 radical (unpaired) electrons. The van der Waals surface area contributed by atoms with Crippen LogP contribution in [-0.2, 0) is 6.54 Å². The zero-order valence-electron chi connectivity index (χ0n) is 16.7. The molecule has 2 aromatic rings. The Morgan fingerprint density at radius 1 is 1.30 bits per heavy atom. The Kier molecular flexibility index (Phi) is 8.82. The quantitative estimate of drug-likeness (QED) is 0.376. The van der Waals surface area contributed by atoms with Gasteiger partial charge >= 0.3 is 0 Å². The minimum absolute atomic E-state index is 0. The number of nitrogens with zero attached hydrogens (tertiary/aromatic N) is 4. The highest BCUT2D eigenvalue weighted by Crippen LogP contribution is 2.18. The van der Waals surface area contributed by atoms with Gasteiger partial charge in [0.25, 0.3) is 0 Å². The number of aryl methyl sites for hydroxylation is 1. The molecule has 2 N–H and O–H groups in total. The van der Waals surface area contributed by atoms with Crippen LogP contribution in [0, 0.1) is 6.92 Å². The third-order valence-corrected chi connectivity index (χ3v) is 5.32. The highest BCUT2D eigenvalue weighted by atomic mass is 127. The molecule has 3 rings (SSSR count). The zero-order chi connectivity index (χ0) is 18.4. The number of aliphatic imine (C=N–C) groups is 1. The maximum absolute atomic E-state index is 4.66. The lowest BCUT2D eigenvalue weighted by Gasteiger charge is -2.35. The van der Waals surface area contributed by atoms with Gasteiger partial charge in [0.2, 0.25) is 0 Å². The molecule has 1 fully saturated rings. The van der Waals surface area contributed by atoms with E-state index >= 15 is 0 Å². The van der Waals surface area contributed by atoms with Crippen LogP contribution in [0.25, 0.3) is 5.65 Å². The molecule has 7 heteroatoms. The fraction of sp³-hybridized carbons (Fsp3) is 0.600. The number of rotatable bonds is 6. The molecular formula is C20H33IN6. The molecule has 1 aliphatic rings. The smallest absolute Gasteiger partial charge is 0.191 e. The van der Waals surface area contributed by atoms with Crippen LogP contribution in [-0.4, -0.2) is 53.0 Å². The molecule has 0 amide bonds. The number of pyridine rings is 1. The number of likely N-dealkylation sites (tertiary alicyclic amines) is 1. The molecule has 1 atom stereocenters. The van der Waals surface area contributed by atoms with Crippen molar-refractivity contribution >= 4 is 35.6 Å². The summed E-state index contributed by atoms with van der Waals surface area (Å²) >= 11 is 0. The van der Waals surface area contributed by atoms with Crippen molar-refractivity contribution in [1.82, 2.24) is 24.9 Å². The molecule has 6 nitrogen and oxygen atoms in total. The van der Waals surface area contributed by atoms with Crippen molar-refractivity contribution < 1.29 is 0 Å². The number of piperidine rings is 1. The lowest BCUT2D eigenvalue weighted by molar-refractivity contribution is 0.147. The molecule has 1 saturated heterocycles. The zero-order valence-corrected chi connectivity index (χ0v) is 19.1. The largest absolute Gasteiger partial charge is 0.355 e. The number of imidazole rings is 1. The minimum Gasteiger partial charge on any atom is -0.355 e. The van der Waals surface area contributed by atoms with Gasteiger partial charge in [0.1, 0.15) is 5.65 Å². The van der Waals surface area contributed by atoms with Gasteiger partial charge in [0, 0.05) is 38.1 Å². The number of aromatic nitrogens is 2. The fourth-order valence-electron chi connectivity index (χ4n) is 3.81. The molecular weight excluding hydrogens is 451 g/mol. The Bertz CT molecular complexity index is 741. The summed E-state index contributed by atoms with van der Waals surface area (Å²) in [7, 11) is 1.82. The summed E-state index contributed by atoms with van der Waals surface area (Å²) in [6.07, 6.45) is 7.39. The van der Waals surface area contributed by atoms with Crippen LogP contribution in [0.2, 0.25) is 0 Å². The van der Waals surface area contributed by atoms with Crippen LogP contribution in [0.5, 0.6) is 0 Å². The second kappa shape index (κ2) is 10.8. The van der Waals surface area contributed by atoms with E-state index < -0.39 is 0 Å². The summed E-state index contributed by atoms with van der Waals surface area (Å²) in [4.78, 5) is 11.6. The predicted molar refractivity (Wildman–Crippen MR) is 123 cm³/mol. The molecule has 0 aromatic carbocycles. The van der Waals surface area contributed by atoms with E-state index in [2.05, 4.69) is 56.0 Å². The third kappa shape index (κ3) is 5.81. The number of nitrogens with one attached hydrogen (secondary N) is 2. The average molecular weight is 484 g/mol. The Hall–Kier alpha value is -1.35. The third-order valence-electron chi connectivity index (χ3n) is 5.32. The van der Waals surface area contributed by atoms with Crippen molar-refractivity contribution in [2.24, 2.45) is 4.99 Å². The van der Waals surface area contributed by atoms with Gasteiger partial charge < -0.3 is 15.0 Å². The highest BCUT2D eigenvalue weighted by molar-refractivity contribution is 14.0. The van der Waals surface area contributed by atoms with E-state index in [4.69, 9.17) is 0 Å². The first-order valence-electron chi connectivity index (χ1n) is 9.83. The first-order valence-corrected chi connectivity index (χ1v) is 9.83. The van der Waals surface area contributed by atoms with E-state index in [-0.39, 0.29) is 24.0 Å². The molecule has 3 heterocycles. The monoisotopic (exact) mass is 484 g/mol. The summed E-state index contributed by atoms with van der Waals surface area (Å²) in [6.45, 7) is 8.28. The summed E-state index contributed by atoms with van der Waals surface area (Å²) in [6, 6.07) is 6.92. The van der Waals surface area contributed by atoms with Crippen LogP contribution in [0.3, 0.4) is 0 Å².